The van der Waals surface area contributed by atoms with Gasteiger partial charge in [-0.15, -0.1) is 0 Å². The second-order valence-corrected chi connectivity index (χ2v) is 8.18. The molecule has 2 heterocycles. The van der Waals surface area contributed by atoms with Crippen LogP contribution in [0.15, 0.2) is 36.7 Å². The highest BCUT2D eigenvalue weighted by Crippen LogP contribution is 2.36. The van der Waals surface area contributed by atoms with Crippen molar-refractivity contribution in [2.45, 2.75) is 51.2 Å². The lowest BCUT2D eigenvalue weighted by atomic mass is 9.85. The standard InChI is InChI=1S/C23H25F3N4O2/c1-3-14-4-6-17(7-5-14)30-13-16-10-19(20(32-2)12-18(16)29-30)28-22(31)15-8-9-27-21(11-15)23(24,25)26/h8-14,17H,3-7H2,1-2H3,(H,28,31)/t14-,17-. The summed E-state index contributed by atoms with van der Waals surface area (Å²) in [6.07, 6.45) is 4.04. The number of carbonyl (C=O) groups excluding carboxylic acids is 1. The number of alkyl halides is 3. The van der Waals surface area contributed by atoms with Gasteiger partial charge in [0, 0.05) is 29.4 Å². The number of aromatic nitrogens is 3. The molecule has 0 radical (unpaired) electrons. The topological polar surface area (TPSA) is 69.0 Å². The lowest BCUT2D eigenvalue weighted by Crippen LogP contribution is -2.18. The monoisotopic (exact) mass is 446 g/mol. The zero-order chi connectivity index (χ0) is 22.9. The molecule has 32 heavy (non-hydrogen) atoms. The Bertz CT molecular complexity index is 1120. The number of methoxy groups -OCH3 is 1. The normalized spacial score (nSPS) is 19.2. The summed E-state index contributed by atoms with van der Waals surface area (Å²) >= 11 is 0. The van der Waals surface area contributed by atoms with E-state index in [2.05, 4.69) is 17.2 Å². The number of anilines is 1. The molecule has 1 saturated carbocycles. The number of amides is 1. The van der Waals surface area contributed by atoms with Crippen LogP contribution in [0.25, 0.3) is 10.9 Å². The number of ether oxygens (including phenoxy) is 1. The number of nitrogens with one attached hydrogen (secondary N) is 1. The zero-order valence-electron chi connectivity index (χ0n) is 17.9. The molecule has 1 aliphatic rings. The maximum atomic E-state index is 12.9. The molecule has 0 saturated heterocycles. The van der Waals surface area contributed by atoms with E-state index in [0.29, 0.717) is 17.5 Å². The summed E-state index contributed by atoms with van der Waals surface area (Å²) in [6, 6.07) is 5.77. The average molecular weight is 446 g/mol. The summed E-state index contributed by atoms with van der Waals surface area (Å²) in [5.74, 6) is 0.487. The maximum Gasteiger partial charge on any atom is 0.433 e. The highest BCUT2D eigenvalue weighted by atomic mass is 19.4. The van der Waals surface area contributed by atoms with E-state index in [1.165, 1.54) is 32.4 Å². The van der Waals surface area contributed by atoms with Gasteiger partial charge < -0.3 is 10.1 Å². The first-order valence-corrected chi connectivity index (χ1v) is 10.7. The van der Waals surface area contributed by atoms with E-state index >= 15 is 0 Å². The third-order valence-electron chi connectivity index (χ3n) is 6.17. The van der Waals surface area contributed by atoms with E-state index in [0.717, 1.165) is 41.9 Å². The second-order valence-electron chi connectivity index (χ2n) is 8.18. The van der Waals surface area contributed by atoms with Crippen molar-refractivity contribution in [3.63, 3.8) is 0 Å². The summed E-state index contributed by atoms with van der Waals surface area (Å²) in [5, 5.41) is 8.18. The van der Waals surface area contributed by atoms with Gasteiger partial charge in [0.05, 0.1) is 24.4 Å². The first-order chi connectivity index (χ1) is 15.3. The highest BCUT2D eigenvalue weighted by molar-refractivity contribution is 6.06. The number of benzene rings is 1. The Kier molecular flexibility index (Phi) is 6.08. The van der Waals surface area contributed by atoms with Crippen molar-refractivity contribution in [1.82, 2.24) is 14.8 Å². The highest BCUT2D eigenvalue weighted by Gasteiger charge is 2.33. The van der Waals surface area contributed by atoms with Gasteiger partial charge in [0.25, 0.3) is 5.91 Å². The molecule has 4 rings (SSSR count). The molecule has 6 nitrogen and oxygen atoms in total. The van der Waals surface area contributed by atoms with Gasteiger partial charge in [0.15, 0.2) is 0 Å². The third-order valence-corrected chi connectivity index (χ3v) is 6.17. The molecule has 0 unspecified atom stereocenters. The molecular weight excluding hydrogens is 421 g/mol. The molecule has 0 atom stereocenters. The number of pyridine rings is 1. The van der Waals surface area contributed by atoms with Crippen LogP contribution in [0, 0.1) is 5.92 Å². The largest absolute Gasteiger partial charge is 0.494 e. The van der Waals surface area contributed by atoms with Gasteiger partial charge >= 0.3 is 6.18 Å². The van der Waals surface area contributed by atoms with E-state index in [4.69, 9.17) is 9.84 Å². The zero-order valence-corrected chi connectivity index (χ0v) is 17.9. The van der Waals surface area contributed by atoms with Gasteiger partial charge in [-0.3, -0.25) is 14.5 Å². The molecule has 0 spiro atoms. The van der Waals surface area contributed by atoms with Crippen molar-refractivity contribution in [1.29, 1.82) is 0 Å². The van der Waals surface area contributed by atoms with Crippen LogP contribution < -0.4 is 10.1 Å². The summed E-state index contributed by atoms with van der Waals surface area (Å²) in [7, 11) is 1.47. The number of hydrogen-bond acceptors (Lipinski definition) is 4. The summed E-state index contributed by atoms with van der Waals surface area (Å²) in [4.78, 5) is 15.9. The summed E-state index contributed by atoms with van der Waals surface area (Å²) in [5.41, 5.74) is -0.158. The Balaban J connectivity index is 1.58. The van der Waals surface area contributed by atoms with E-state index in [1.54, 1.807) is 12.1 Å². The fraction of sp³-hybridized carbons (Fsp3) is 0.435. The summed E-state index contributed by atoms with van der Waals surface area (Å²) in [6.45, 7) is 2.23. The second kappa shape index (κ2) is 8.80. The van der Waals surface area contributed by atoms with Crippen molar-refractivity contribution >= 4 is 22.5 Å². The molecule has 0 bridgehead atoms. The molecule has 1 aromatic carbocycles. The Labute approximate surface area is 183 Å². The third kappa shape index (κ3) is 4.56. The van der Waals surface area contributed by atoms with Gasteiger partial charge in [0.2, 0.25) is 0 Å². The molecule has 1 fully saturated rings. The van der Waals surface area contributed by atoms with Crippen molar-refractivity contribution < 1.29 is 22.7 Å². The number of rotatable bonds is 5. The van der Waals surface area contributed by atoms with Crippen molar-refractivity contribution in [3.8, 4) is 5.75 Å². The molecule has 1 N–H and O–H groups in total. The quantitative estimate of drug-likeness (QED) is 0.534. The molecule has 1 amide bonds. The van der Waals surface area contributed by atoms with Crippen LogP contribution in [0.1, 0.15) is 61.1 Å². The van der Waals surface area contributed by atoms with Gasteiger partial charge in [-0.05, 0) is 49.8 Å². The van der Waals surface area contributed by atoms with Crippen molar-refractivity contribution in [2.24, 2.45) is 5.92 Å². The molecule has 2 aromatic heterocycles. The van der Waals surface area contributed by atoms with Crippen LogP contribution in [0.2, 0.25) is 0 Å². The van der Waals surface area contributed by atoms with E-state index < -0.39 is 17.8 Å². The molecule has 9 heteroatoms. The minimum atomic E-state index is -4.63. The number of fused-ring (bicyclic) bond motifs is 1. The van der Waals surface area contributed by atoms with Gasteiger partial charge in [-0.25, -0.2) is 0 Å². The molecule has 1 aliphatic carbocycles. The minimum Gasteiger partial charge on any atom is -0.494 e. The van der Waals surface area contributed by atoms with Gasteiger partial charge in [0.1, 0.15) is 11.4 Å². The van der Waals surface area contributed by atoms with E-state index in [-0.39, 0.29) is 5.56 Å². The molecule has 0 aliphatic heterocycles. The number of nitrogens with zero attached hydrogens (tertiary/aromatic N) is 3. The number of carbonyl (C=O) groups is 1. The first-order valence-electron chi connectivity index (χ1n) is 10.7. The van der Waals surface area contributed by atoms with Crippen LogP contribution in [-0.2, 0) is 6.18 Å². The fourth-order valence-corrected chi connectivity index (χ4v) is 4.26. The lowest BCUT2D eigenvalue weighted by Gasteiger charge is -2.27. The molecular formula is C23H25F3N4O2. The van der Waals surface area contributed by atoms with Gasteiger partial charge in [-0.1, -0.05) is 13.3 Å². The SMILES string of the molecule is CC[C@H]1CC[C@H](n2cc3cc(NC(=O)c4ccnc(C(F)(F)F)c4)c(OC)cc3n2)CC1. The number of halogens is 3. The predicted molar refractivity (Wildman–Crippen MR) is 115 cm³/mol. The fourth-order valence-electron chi connectivity index (χ4n) is 4.26. The van der Waals surface area contributed by atoms with Crippen LogP contribution in [-0.4, -0.2) is 27.8 Å². The van der Waals surface area contributed by atoms with Crippen molar-refractivity contribution in [2.75, 3.05) is 12.4 Å². The van der Waals surface area contributed by atoms with E-state index in [9.17, 15) is 18.0 Å². The van der Waals surface area contributed by atoms with Crippen LogP contribution >= 0.6 is 0 Å². The van der Waals surface area contributed by atoms with E-state index in [1.807, 2.05) is 10.9 Å². The molecule has 3 aromatic rings. The maximum absolute atomic E-state index is 12.9. The van der Waals surface area contributed by atoms with Gasteiger partial charge in [-0.2, -0.15) is 18.3 Å². The predicted octanol–water partition coefficient (Wildman–Crippen LogP) is 5.85. The Morgan fingerprint density at radius 1 is 1.22 bits per heavy atom. The van der Waals surface area contributed by atoms with Crippen LogP contribution in [0.3, 0.4) is 0 Å². The number of hydrogen-bond donors (Lipinski definition) is 1. The Morgan fingerprint density at radius 2 is 1.97 bits per heavy atom. The van der Waals surface area contributed by atoms with Crippen LogP contribution in [0.5, 0.6) is 5.75 Å². The average Bonchev–Trinajstić information content (AvgIpc) is 3.21. The summed E-state index contributed by atoms with van der Waals surface area (Å²) < 4.78 is 46.2. The minimum absolute atomic E-state index is 0.141. The first kappa shape index (κ1) is 22.1. The Hall–Kier alpha value is -3.10. The van der Waals surface area contributed by atoms with Crippen LogP contribution in [0.4, 0.5) is 18.9 Å². The smallest absolute Gasteiger partial charge is 0.433 e. The Morgan fingerprint density at radius 3 is 2.62 bits per heavy atom. The lowest BCUT2D eigenvalue weighted by molar-refractivity contribution is -0.141. The molecule has 170 valence electrons. The van der Waals surface area contributed by atoms with Crippen molar-refractivity contribution in [3.05, 3.63) is 47.9 Å².